The fourth-order valence-corrected chi connectivity index (χ4v) is 15.4. The highest BCUT2D eigenvalue weighted by Crippen LogP contribution is 2.41. The molecule has 0 amide bonds. The highest BCUT2D eigenvalue weighted by atomic mass is 28.3. The molecule has 244 valence electrons. The van der Waals surface area contributed by atoms with Gasteiger partial charge in [0.1, 0.15) is 0 Å². The molecule has 9 aromatic carbocycles. The minimum Gasteiger partial charge on any atom is -0.247 e. The van der Waals surface area contributed by atoms with Crippen LogP contribution in [-0.4, -0.2) is 13.1 Å². The molecule has 0 bridgehead atoms. The summed E-state index contributed by atoms with van der Waals surface area (Å²) >= 11 is 0. The number of nitrogens with zero attached hydrogens (tertiary/aromatic N) is 1. The first kappa shape index (κ1) is 29.0. The smallest absolute Gasteiger partial charge is 0.182 e. The predicted molar refractivity (Wildman–Crippen MR) is 227 cm³/mol. The number of aromatic nitrogens is 1. The van der Waals surface area contributed by atoms with E-state index in [0.717, 1.165) is 16.8 Å². The number of hydrogen-bond acceptors (Lipinski definition) is 1. The second-order valence-corrected chi connectivity index (χ2v) is 18.3. The van der Waals surface area contributed by atoms with Crippen LogP contribution in [0.2, 0.25) is 0 Å². The van der Waals surface area contributed by atoms with Crippen molar-refractivity contribution in [2.75, 3.05) is 0 Å². The van der Waals surface area contributed by atoms with Crippen molar-refractivity contribution in [1.29, 1.82) is 0 Å². The Morgan fingerprint density at radius 2 is 0.868 bits per heavy atom. The third-order valence-corrected chi connectivity index (χ3v) is 17.0. The van der Waals surface area contributed by atoms with Gasteiger partial charge in [-0.1, -0.05) is 170 Å². The largest absolute Gasteiger partial charge is 0.247 e. The van der Waals surface area contributed by atoms with E-state index in [1.165, 1.54) is 91.8 Å². The Morgan fingerprint density at radius 1 is 0.321 bits per heavy atom. The van der Waals surface area contributed by atoms with Crippen LogP contribution in [0.4, 0.5) is 0 Å². The summed E-state index contributed by atoms with van der Waals surface area (Å²) in [5.41, 5.74) is 11.2. The molecule has 0 N–H and O–H groups in total. The maximum atomic E-state index is 5.42. The molecule has 10 aromatic rings. The minimum absolute atomic E-state index is 1.01. The number of hydrogen-bond donors (Lipinski definition) is 0. The van der Waals surface area contributed by atoms with E-state index in [1.54, 1.807) is 0 Å². The van der Waals surface area contributed by atoms with Crippen molar-refractivity contribution >= 4 is 72.0 Å². The van der Waals surface area contributed by atoms with Crippen LogP contribution in [0, 0.1) is 0 Å². The Morgan fingerprint density at radius 3 is 1.60 bits per heavy atom. The van der Waals surface area contributed by atoms with Crippen molar-refractivity contribution in [3.05, 3.63) is 188 Å². The second kappa shape index (κ2) is 10.7. The first-order valence-electron chi connectivity index (χ1n) is 18.5. The Balaban J connectivity index is 1.12. The van der Waals surface area contributed by atoms with Gasteiger partial charge in [-0.05, 0) is 93.9 Å². The van der Waals surface area contributed by atoms with Crippen molar-refractivity contribution < 1.29 is 0 Å². The Hall–Kier alpha value is -6.61. The first-order valence-corrected chi connectivity index (χ1v) is 20.5. The van der Waals surface area contributed by atoms with Crippen LogP contribution < -0.4 is 20.7 Å². The zero-order valence-corrected chi connectivity index (χ0v) is 29.8. The van der Waals surface area contributed by atoms with Gasteiger partial charge in [0.2, 0.25) is 0 Å². The van der Waals surface area contributed by atoms with Crippen LogP contribution in [0.15, 0.2) is 188 Å². The molecule has 2 aliphatic rings. The molecule has 0 atom stereocenters. The van der Waals surface area contributed by atoms with E-state index >= 15 is 0 Å². The number of pyridine rings is 1. The Kier molecular flexibility index (Phi) is 5.86. The van der Waals surface area contributed by atoms with Crippen LogP contribution in [0.5, 0.6) is 0 Å². The van der Waals surface area contributed by atoms with Crippen LogP contribution in [0.25, 0.3) is 87.9 Å². The van der Waals surface area contributed by atoms with Gasteiger partial charge in [0.15, 0.2) is 8.07 Å². The van der Waals surface area contributed by atoms with E-state index in [9.17, 15) is 0 Å². The van der Waals surface area contributed by atoms with Crippen molar-refractivity contribution in [2.24, 2.45) is 0 Å². The molecule has 0 aliphatic carbocycles. The number of fused-ring (bicyclic) bond motifs is 16. The maximum absolute atomic E-state index is 5.42. The second-order valence-electron chi connectivity index (χ2n) is 14.6. The average molecular weight is 686 g/mol. The lowest BCUT2D eigenvalue weighted by Gasteiger charge is -2.28. The van der Waals surface area contributed by atoms with Crippen molar-refractivity contribution in [3.8, 4) is 44.6 Å². The zero-order chi connectivity index (χ0) is 34.7. The summed E-state index contributed by atoms with van der Waals surface area (Å²) in [4.78, 5) is 5.42. The fourth-order valence-electron chi connectivity index (χ4n) is 9.78. The summed E-state index contributed by atoms with van der Waals surface area (Å²) in [6, 6.07) is 70.4. The topological polar surface area (TPSA) is 12.9 Å². The molecule has 0 saturated heterocycles. The van der Waals surface area contributed by atoms with Gasteiger partial charge >= 0.3 is 0 Å². The highest BCUT2D eigenvalue weighted by molar-refractivity contribution is 7.24. The van der Waals surface area contributed by atoms with E-state index in [4.69, 9.17) is 4.98 Å². The summed E-state index contributed by atoms with van der Waals surface area (Å²) < 4.78 is 0. The lowest BCUT2D eigenvalue weighted by atomic mass is 9.93. The van der Waals surface area contributed by atoms with Gasteiger partial charge < -0.3 is 0 Å². The van der Waals surface area contributed by atoms with E-state index in [-0.39, 0.29) is 0 Å². The molecule has 0 fully saturated rings. The lowest BCUT2D eigenvalue weighted by Crippen LogP contribution is -2.70. The predicted octanol–water partition coefficient (Wildman–Crippen LogP) is 10.4. The molecule has 12 rings (SSSR count). The minimum atomic E-state index is -2.53. The lowest BCUT2D eigenvalue weighted by molar-refractivity contribution is 1.43. The summed E-state index contributed by atoms with van der Waals surface area (Å²) in [6.45, 7) is 0. The van der Waals surface area contributed by atoms with Gasteiger partial charge in [-0.2, -0.15) is 0 Å². The molecule has 1 nitrogen and oxygen atoms in total. The first-order chi connectivity index (χ1) is 26.3. The molecule has 1 spiro atoms. The SMILES string of the molecule is c1ccc2c(c1)-c1ccccc1[Si]21c2ccccc2-c2ccc(-c3ccc4nc(-c5ccc6ccccc6c5)c5ccc6ccccc6c5c4c3)cc21. The number of benzene rings is 9. The van der Waals surface area contributed by atoms with Gasteiger partial charge in [0.05, 0.1) is 11.2 Å². The van der Waals surface area contributed by atoms with E-state index in [2.05, 4.69) is 188 Å². The molecule has 0 saturated carbocycles. The molecule has 3 heterocycles. The van der Waals surface area contributed by atoms with Crippen LogP contribution in [0.1, 0.15) is 0 Å². The standard InChI is InChI=1S/C51H31NSi/c1-2-13-34-29-37(22-21-32(34)11-1)51-43-27-23-33-12-3-4-14-38(33)50(43)44-30-35(25-28-45(44)52-51)36-24-26-42-41-17-7-10-20-48(41)53(49(42)31-36)46-18-8-5-15-39(46)40-16-6-9-19-47(40)53/h1-31H. The van der Waals surface area contributed by atoms with Crippen molar-refractivity contribution in [2.45, 2.75) is 0 Å². The van der Waals surface area contributed by atoms with Crippen LogP contribution >= 0.6 is 0 Å². The molecular formula is C51H31NSi. The van der Waals surface area contributed by atoms with Crippen LogP contribution in [0.3, 0.4) is 0 Å². The monoisotopic (exact) mass is 685 g/mol. The van der Waals surface area contributed by atoms with E-state index in [1.807, 2.05) is 0 Å². The quantitative estimate of drug-likeness (QED) is 0.130. The van der Waals surface area contributed by atoms with Gasteiger partial charge in [-0.15, -0.1) is 0 Å². The van der Waals surface area contributed by atoms with Crippen molar-refractivity contribution in [3.63, 3.8) is 0 Å². The highest BCUT2D eigenvalue weighted by Gasteiger charge is 2.53. The molecular weight excluding hydrogens is 655 g/mol. The van der Waals surface area contributed by atoms with Gasteiger partial charge in [0, 0.05) is 21.7 Å². The van der Waals surface area contributed by atoms with Crippen LogP contribution in [-0.2, 0) is 0 Å². The third-order valence-electron chi connectivity index (χ3n) is 12.0. The molecule has 0 unspecified atom stereocenters. The van der Waals surface area contributed by atoms with Gasteiger partial charge in [0.25, 0.3) is 0 Å². The molecule has 2 aliphatic heterocycles. The molecule has 1 aromatic heterocycles. The Labute approximate surface area is 308 Å². The maximum Gasteiger partial charge on any atom is 0.182 e. The third kappa shape index (κ3) is 3.88. The van der Waals surface area contributed by atoms with Gasteiger partial charge in [-0.25, -0.2) is 4.98 Å². The summed E-state index contributed by atoms with van der Waals surface area (Å²) in [5.74, 6) is 0. The van der Waals surface area contributed by atoms with Gasteiger partial charge in [-0.3, -0.25) is 0 Å². The molecule has 53 heavy (non-hydrogen) atoms. The zero-order valence-electron chi connectivity index (χ0n) is 28.8. The molecule has 2 heteroatoms. The Bertz CT molecular complexity index is 3130. The summed E-state index contributed by atoms with van der Waals surface area (Å²) in [7, 11) is -2.53. The number of rotatable bonds is 2. The summed E-state index contributed by atoms with van der Waals surface area (Å²) in [6.07, 6.45) is 0. The average Bonchev–Trinajstić information content (AvgIpc) is 3.70. The van der Waals surface area contributed by atoms with Crippen molar-refractivity contribution in [1.82, 2.24) is 4.98 Å². The molecule has 0 radical (unpaired) electrons. The van der Waals surface area contributed by atoms with E-state index in [0.29, 0.717) is 0 Å². The van der Waals surface area contributed by atoms with E-state index < -0.39 is 8.07 Å². The fraction of sp³-hybridized carbons (Fsp3) is 0. The normalized spacial score (nSPS) is 13.4. The summed E-state index contributed by atoms with van der Waals surface area (Å²) in [5, 5.41) is 14.6.